The van der Waals surface area contributed by atoms with Crippen molar-refractivity contribution >= 4 is 0 Å². The molecule has 3 fully saturated rings. The van der Waals surface area contributed by atoms with E-state index in [4.69, 9.17) is 9.47 Å². The summed E-state index contributed by atoms with van der Waals surface area (Å²) >= 11 is 0. The monoisotopic (exact) mass is 254 g/mol. The molecule has 104 valence electrons. The first-order chi connectivity index (χ1) is 8.48. The van der Waals surface area contributed by atoms with Crippen LogP contribution in [-0.2, 0) is 9.47 Å². The topological polar surface area (TPSA) is 38.7 Å². The first kappa shape index (κ1) is 12.9. The van der Waals surface area contributed by atoms with Crippen molar-refractivity contribution in [1.29, 1.82) is 0 Å². The Bertz CT molecular complexity index is 308. The van der Waals surface area contributed by atoms with Crippen LogP contribution >= 0.6 is 0 Å². The van der Waals surface area contributed by atoms with E-state index >= 15 is 0 Å². The highest BCUT2D eigenvalue weighted by Crippen LogP contribution is 2.58. The molecular weight excluding hydrogens is 228 g/mol. The molecule has 1 saturated carbocycles. The lowest BCUT2D eigenvalue weighted by Gasteiger charge is -2.49. The highest BCUT2D eigenvalue weighted by molar-refractivity contribution is 5.08. The molecule has 2 heterocycles. The molecule has 1 N–H and O–H groups in total. The van der Waals surface area contributed by atoms with Gasteiger partial charge in [-0.1, -0.05) is 6.92 Å². The average molecular weight is 254 g/mol. The minimum atomic E-state index is -0.526. The maximum absolute atomic E-state index is 11.0. The van der Waals surface area contributed by atoms with Gasteiger partial charge in [-0.2, -0.15) is 0 Å². The van der Waals surface area contributed by atoms with Gasteiger partial charge in [-0.15, -0.1) is 0 Å². The summed E-state index contributed by atoms with van der Waals surface area (Å²) in [5.74, 6) is 0.386. The highest BCUT2D eigenvalue weighted by Gasteiger charge is 2.57. The lowest BCUT2D eigenvalue weighted by Crippen LogP contribution is -2.52. The normalized spacial score (nSPS) is 37.2. The molecule has 2 aliphatic heterocycles. The van der Waals surface area contributed by atoms with Crippen LogP contribution in [0.4, 0.5) is 0 Å². The van der Waals surface area contributed by atoms with Crippen molar-refractivity contribution in [3.05, 3.63) is 0 Å². The fraction of sp³-hybridized carbons (Fsp3) is 1.00. The van der Waals surface area contributed by atoms with Crippen LogP contribution in [0, 0.1) is 11.3 Å². The van der Waals surface area contributed by atoms with E-state index < -0.39 is 5.60 Å². The van der Waals surface area contributed by atoms with Crippen molar-refractivity contribution in [2.45, 2.75) is 63.6 Å². The van der Waals surface area contributed by atoms with E-state index in [1.54, 1.807) is 0 Å². The predicted octanol–water partition coefficient (Wildman–Crippen LogP) is 2.51. The van der Waals surface area contributed by atoms with Gasteiger partial charge in [0.1, 0.15) is 0 Å². The molecule has 1 aliphatic carbocycles. The Labute approximate surface area is 110 Å². The summed E-state index contributed by atoms with van der Waals surface area (Å²) in [6, 6.07) is 0. The summed E-state index contributed by atoms with van der Waals surface area (Å²) in [5.41, 5.74) is -0.375. The van der Waals surface area contributed by atoms with Gasteiger partial charge in [0.05, 0.1) is 11.2 Å². The molecule has 0 bridgehead atoms. The van der Waals surface area contributed by atoms with E-state index in [1.165, 1.54) is 12.8 Å². The van der Waals surface area contributed by atoms with Crippen LogP contribution < -0.4 is 0 Å². The second kappa shape index (κ2) is 4.19. The van der Waals surface area contributed by atoms with E-state index in [9.17, 15) is 5.11 Å². The second-order valence-electron chi connectivity index (χ2n) is 7.04. The molecule has 0 radical (unpaired) electrons. The van der Waals surface area contributed by atoms with Crippen LogP contribution in [0.15, 0.2) is 0 Å². The molecular formula is C15H26O3. The van der Waals surface area contributed by atoms with E-state index in [0.717, 1.165) is 45.5 Å². The molecule has 0 amide bonds. The van der Waals surface area contributed by atoms with Crippen LogP contribution in [0.2, 0.25) is 0 Å². The number of ether oxygens (including phenoxy) is 2. The molecule has 3 rings (SSSR count). The van der Waals surface area contributed by atoms with Gasteiger partial charge in [-0.3, -0.25) is 0 Å². The summed E-state index contributed by atoms with van der Waals surface area (Å²) in [6.45, 7) is 6.72. The quantitative estimate of drug-likeness (QED) is 0.823. The predicted molar refractivity (Wildman–Crippen MR) is 69.4 cm³/mol. The molecule has 2 unspecified atom stereocenters. The first-order valence-electron chi connectivity index (χ1n) is 7.42. The zero-order valence-corrected chi connectivity index (χ0v) is 11.7. The third-order valence-corrected chi connectivity index (χ3v) is 5.91. The molecule has 0 aromatic carbocycles. The van der Waals surface area contributed by atoms with Crippen molar-refractivity contribution in [2.75, 3.05) is 19.8 Å². The fourth-order valence-corrected chi connectivity index (χ4v) is 3.79. The van der Waals surface area contributed by atoms with Crippen LogP contribution in [0.5, 0.6) is 0 Å². The molecule has 3 heteroatoms. The van der Waals surface area contributed by atoms with Gasteiger partial charge < -0.3 is 14.6 Å². The Kier molecular flexibility index (Phi) is 3.00. The van der Waals surface area contributed by atoms with Gasteiger partial charge in [-0.25, -0.2) is 0 Å². The second-order valence-corrected chi connectivity index (χ2v) is 7.04. The third kappa shape index (κ3) is 2.00. The van der Waals surface area contributed by atoms with Crippen molar-refractivity contribution in [3.8, 4) is 0 Å². The Morgan fingerprint density at radius 1 is 1.11 bits per heavy atom. The number of hydrogen-bond acceptors (Lipinski definition) is 3. The Morgan fingerprint density at radius 2 is 1.78 bits per heavy atom. The number of rotatable bonds is 2. The SMILES string of the molecule is CC1(C(C)(O)C2CCOC3(CCOCC3)C2)CC1. The number of hydrogen-bond donors (Lipinski definition) is 1. The standard InChI is InChI=1S/C15H26O3/c1-13(4-5-13)14(2,16)12-3-8-18-15(11-12)6-9-17-10-7-15/h12,16H,3-11H2,1-2H3. The summed E-state index contributed by atoms with van der Waals surface area (Å²) in [7, 11) is 0. The molecule has 3 nitrogen and oxygen atoms in total. The van der Waals surface area contributed by atoms with Gasteiger partial charge in [0.2, 0.25) is 0 Å². The minimum absolute atomic E-state index is 0.00356. The van der Waals surface area contributed by atoms with E-state index in [0.29, 0.717) is 5.92 Å². The summed E-state index contributed by atoms with van der Waals surface area (Å²) in [5, 5.41) is 11.0. The van der Waals surface area contributed by atoms with Crippen molar-refractivity contribution in [2.24, 2.45) is 11.3 Å². The highest BCUT2D eigenvalue weighted by atomic mass is 16.5. The van der Waals surface area contributed by atoms with Gasteiger partial charge in [0.15, 0.2) is 0 Å². The van der Waals surface area contributed by atoms with E-state index in [-0.39, 0.29) is 11.0 Å². The van der Waals surface area contributed by atoms with Crippen LogP contribution in [0.25, 0.3) is 0 Å². The first-order valence-corrected chi connectivity index (χ1v) is 7.42. The number of aliphatic hydroxyl groups is 1. The summed E-state index contributed by atoms with van der Waals surface area (Å²) in [6.07, 6.45) is 6.36. The Hall–Kier alpha value is -0.120. The smallest absolute Gasteiger partial charge is 0.0730 e. The summed E-state index contributed by atoms with van der Waals surface area (Å²) < 4.78 is 11.5. The van der Waals surface area contributed by atoms with Gasteiger partial charge >= 0.3 is 0 Å². The summed E-state index contributed by atoms with van der Waals surface area (Å²) in [4.78, 5) is 0. The zero-order valence-electron chi connectivity index (χ0n) is 11.7. The molecule has 0 aromatic rings. The minimum Gasteiger partial charge on any atom is -0.389 e. The average Bonchev–Trinajstić information content (AvgIpc) is 3.10. The Morgan fingerprint density at radius 3 is 2.39 bits per heavy atom. The van der Waals surface area contributed by atoms with Crippen LogP contribution in [-0.4, -0.2) is 36.1 Å². The van der Waals surface area contributed by atoms with Crippen LogP contribution in [0.1, 0.15) is 52.4 Å². The third-order valence-electron chi connectivity index (χ3n) is 5.91. The largest absolute Gasteiger partial charge is 0.389 e. The van der Waals surface area contributed by atoms with Crippen molar-refractivity contribution in [3.63, 3.8) is 0 Å². The van der Waals surface area contributed by atoms with Gasteiger partial charge in [0.25, 0.3) is 0 Å². The van der Waals surface area contributed by atoms with E-state index in [1.807, 2.05) is 0 Å². The molecule has 18 heavy (non-hydrogen) atoms. The molecule has 0 aromatic heterocycles. The van der Waals surface area contributed by atoms with E-state index in [2.05, 4.69) is 13.8 Å². The van der Waals surface area contributed by atoms with Crippen LogP contribution in [0.3, 0.4) is 0 Å². The van der Waals surface area contributed by atoms with Gasteiger partial charge in [0, 0.05) is 19.8 Å². The fourth-order valence-electron chi connectivity index (χ4n) is 3.79. The van der Waals surface area contributed by atoms with Crippen molar-refractivity contribution in [1.82, 2.24) is 0 Å². The maximum Gasteiger partial charge on any atom is 0.0730 e. The van der Waals surface area contributed by atoms with Gasteiger partial charge in [-0.05, 0) is 56.8 Å². The maximum atomic E-state index is 11.0. The molecule has 2 saturated heterocycles. The lowest BCUT2D eigenvalue weighted by atomic mass is 9.68. The Balaban J connectivity index is 1.73. The zero-order chi connectivity index (χ0) is 12.9. The van der Waals surface area contributed by atoms with Crippen molar-refractivity contribution < 1.29 is 14.6 Å². The molecule has 3 aliphatic rings. The molecule has 1 spiro atoms. The molecule has 2 atom stereocenters. The lowest BCUT2D eigenvalue weighted by molar-refractivity contribution is -0.183.